The Morgan fingerprint density at radius 3 is 3.05 bits per heavy atom. The van der Waals surface area contributed by atoms with Crippen molar-refractivity contribution in [2.24, 2.45) is 0 Å². The SMILES string of the molecule is O=C(O)CCCCN1CCO[C@@H](c2cccc(Br)c2)C1. The lowest BCUT2D eigenvalue weighted by atomic mass is 10.1. The van der Waals surface area contributed by atoms with Gasteiger partial charge in [0.15, 0.2) is 0 Å². The van der Waals surface area contributed by atoms with E-state index in [9.17, 15) is 4.79 Å². The summed E-state index contributed by atoms with van der Waals surface area (Å²) in [4.78, 5) is 12.8. The van der Waals surface area contributed by atoms with Gasteiger partial charge in [-0.2, -0.15) is 0 Å². The minimum absolute atomic E-state index is 0.112. The molecule has 20 heavy (non-hydrogen) atoms. The number of halogens is 1. The molecule has 1 heterocycles. The van der Waals surface area contributed by atoms with Crippen molar-refractivity contribution >= 4 is 21.9 Å². The van der Waals surface area contributed by atoms with E-state index in [4.69, 9.17) is 9.84 Å². The number of aliphatic carboxylic acids is 1. The Hall–Kier alpha value is -0.910. The molecule has 4 nitrogen and oxygen atoms in total. The van der Waals surface area contributed by atoms with Gasteiger partial charge in [-0.15, -0.1) is 0 Å². The van der Waals surface area contributed by atoms with Crippen LogP contribution in [-0.2, 0) is 9.53 Å². The Morgan fingerprint density at radius 2 is 2.30 bits per heavy atom. The van der Waals surface area contributed by atoms with Crippen molar-refractivity contribution < 1.29 is 14.6 Å². The Labute approximate surface area is 127 Å². The Morgan fingerprint density at radius 1 is 1.45 bits per heavy atom. The fraction of sp³-hybridized carbons (Fsp3) is 0.533. The van der Waals surface area contributed by atoms with Crippen LogP contribution in [0.25, 0.3) is 0 Å². The topological polar surface area (TPSA) is 49.8 Å². The quantitative estimate of drug-likeness (QED) is 0.808. The van der Waals surface area contributed by atoms with Gasteiger partial charge < -0.3 is 9.84 Å². The summed E-state index contributed by atoms with van der Waals surface area (Å²) in [5, 5.41) is 8.63. The third-order valence-electron chi connectivity index (χ3n) is 3.49. The first-order chi connectivity index (χ1) is 9.65. The molecular formula is C15H20BrNO3. The first kappa shape index (κ1) is 15.5. The van der Waals surface area contributed by atoms with E-state index in [1.165, 1.54) is 5.56 Å². The summed E-state index contributed by atoms with van der Waals surface area (Å²) >= 11 is 3.48. The van der Waals surface area contributed by atoms with Crippen molar-refractivity contribution in [2.45, 2.75) is 25.4 Å². The second-order valence-corrected chi connectivity index (χ2v) is 5.98. The number of ether oxygens (including phenoxy) is 1. The maximum atomic E-state index is 10.5. The fourth-order valence-electron chi connectivity index (χ4n) is 2.43. The molecule has 1 aromatic rings. The second-order valence-electron chi connectivity index (χ2n) is 5.07. The standard InChI is InChI=1S/C15H20BrNO3/c16-13-5-3-4-12(10-13)14-11-17(8-9-20-14)7-2-1-6-15(18)19/h3-5,10,14H,1-2,6-9,11H2,(H,18,19)/t14-/m1/s1. The largest absolute Gasteiger partial charge is 0.481 e. The molecule has 1 aliphatic heterocycles. The molecule has 0 unspecified atom stereocenters. The number of rotatable bonds is 6. The highest BCUT2D eigenvalue weighted by Crippen LogP contribution is 2.24. The van der Waals surface area contributed by atoms with Crippen molar-refractivity contribution in [3.05, 3.63) is 34.3 Å². The summed E-state index contributed by atoms with van der Waals surface area (Å²) < 4.78 is 6.90. The first-order valence-electron chi connectivity index (χ1n) is 6.96. The molecule has 0 spiro atoms. The molecule has 5 heteroatoms. The summed E-state index contributed by atoms with van der Waals surface area (Å²) in [5.74, 6) is -0.709. The smallest absolute Gasteiger partial charge is 0.303 e. The molecule has 1 saturated heterocycles. The van der Waals surface area contributed by atoms with Crippen molar-refractivity contribution in [1.29, 1.82) is 0 Å². The Balaban J connectivity index is 1.81. The highest BCUT2D eigenvalue weighted by atomic mass is 79.9. The van der Waals surface area contributed by atoms with Crippen LogP contribution < -0.4 is 0 Å². The third kappa shape index (κ3) is 4.89. The fourth-order valence-corrected chi connectivity index (χ4v) is 2.84. The first-order valence-corrected chi connectivity index (χ1v) is 7.75. The lowest BCUT2D eigenvalue weighted by Crippen LogP contribution is -2.38. The predicted molar refractivity (Wildman–Crippen MR) is 80.8 cm³/mol. The minimum Gasteiger partial charge on any atom is -0.481 e. The van der Waals surface area contributed by atoms with Crippen LogP contribution >= 0.6 is 15.9 Å². The molecule has 0 radical (unpaired) electrons. The molecule has 0 bridgehead atoms. The minimum atomic E-state index is -0.709. The zero-order valence-electron chi connectivity index (χ0n) is 11.4. The number of nitrogens with zero attached hydrogens (tertiary/aromatic N) is 1. The van der Waals surface area contributed by atoms with Crippen LogP contribution in [0.2, 0.25) is 0 Å². The number of hydrogen-bond acceptors (Lipinski definition) is 3. The molecule has 0 aliphatic carbocycles. The molecule has 1 aromatic carbocycles. The number of morpholine rings is 1. The number of carboxylic acid groups (broad SMARTS) is 1. The van der Waals surface area contributed by atoms with Gasteiger partial charge >= 0.3 is 5.97 Å². The summed E-state index contributed by atoms with van der Waals surface area (Å²) in [5.41, 5.74) is 1.19. The van der Waals surface area contributed by atoms with Crippen molar-refractivity contribution in [2.75, 3.05) is 26.2 Å². The molecule has 0 aromatic heterocycles. The summed E-state index contributed by atoms with van der Waals surface area (Å²) in [6, 6.07) is 8.21. The maximum absolute atomic E-state index is 10.5. The molecule has 1 fully saturated rings. The van der Waals surface area contributed by atoms with E-state index in [1.54, 1.807) is 0 Å². The predicted octanol–water partition coefficient (Wildman–Crippen LogP) is 3.08. The van der Waals surface area contributed by atoms with Gasteiger partial charge in [0, 0.05) is 24.0 Å². The van der Waals surface area contributed by atoms with Crippen LogP contribution in [0.3, 0.4) is 0 Å². The van der Waals surface area contributed by atoms with Crippen LogP contribution in [0.15, 0.2) is 28.7 Å². The molecule has 2 rings (SSSR count). The molecule has 110 valence electrons. The number of carbonyl (C=O) groups is 1. The van der Waals surface area contributed by atoms with E-state index in [0.29, 0.717) is 0 Å². The van der Waals surface area contributed by atoms with Gasteiger partial charge in [0.05, 0.1) is 12.7 Å². The summed E-state index contributed by atoms with van der Waals surface area (Å²) in [7, 11) is 0. The van der Waals surface area contributed by atoms with Gasteiger partial charge in [-0.3, -0.25) is 9.69 Å². The Bertz CT molecular complexity index is 452. The van der Waals surface area contributed by atoms with Gasteiger partial charge in [0.1, 0.15) is 0 Å². The normalized spacial score (nSPS) is 19.9. The van der Waals surface area contributed by atoms with Gasteiger partial charge in [0.25, 0.3) is 0 Å². The molecule has 1 aliphatic rings. The van der Waals surface area contributed by atoms with Crippen LogP contribution in [0.5, 0.6) is 0 Å². The second kappa shape index (κ2) is 7.76. The number of carboxylic acids is 1. The van der Waals surface area contributed by atoms with E-state index >= 15 is 0 Å². The van der Waals surface area contributed by atoms with E-state index in [0.717, 1.165) is 43.6 Å². The van der Waals surface area contributed by atoms with Crippen LogP contribution in [0.4, 0.5) is 0 Å². The van der Waals surface area contributed by atoms with E-state index in [1.807, 2.05) is 12.1 Å². The van der Waals surface area contributed by atoms with Gasteiger partial charge in [0.2, 0.25) is 0 Å². The zero-order valence-corrected chi connectivity index (χ0v) is 13.0. The molecule has 0 amide bonds. The van der Waals surface area contributed by atoms with Gasteiger partial charge in [-0.05, 0) is 37.1 Å². The highest BCUT2D eigenvalue weighted by molar-refractivity contribution is 9.10. The molecular weight excluding hydrogens is 322 g/mol. The number of unbranched alkanes of at least 4 members (excludes halogenated alkanes) is 1. The molecule has 1 N–H and O–H groups in total. The molecule has 0 saturated carbocycles. The zero-order chi connectivity index (χ0) is 14.4. The maximum Gasteiger partial charge on any atom is 0.303 e. The monoisotopic (exact) mass is 341 g/mol. The van der Waals surface area contributed by atoms with Crippen LogP contribution in [-0.4, -0.2) is 42.2 Å². The average molecular weight is 342 g/mol. The summed E-state index contributed by atoms with van der Waals surface area (Å²) in [6.45, 7) is 3.48. The molecule has 1 atom stereocenters. The van der Waals surface area contributed by atoms with Crippen molar-refractivity contribution in [1.82, 2.24) is 4.90 Å². The van der Waals surface area contributed by atoms with E-state index < -0.39 is 5.97 Å². The van der Waals surface area contributed by atoms with Crippen molar-refractivity contribution in [3.63, 3.8) is 0 Å². The summed E-state index contributed by atoms with van der Waals surface area (Å²) in [6.07, 6.45) is 2.05. The van der Waals surface area contributed by atoms with E-state index in [-0.39, 0.29) is 12.5 Å². The lowest BCUT2D eigenvalue weighted by molar-refractivity contribution is -0.137. The average Bonchev–Trinajstić information content (AvgIpc) is 2.44. The highest BCUT2D eigenvalue weighted by Gasteiger charge is 2.21. The van der Waals surface area contributed by atoms with Crippen LogP contribution in [0, 0.1) is 0 Å². The third-order valence-corrected chi connectivity index (χ3v) is 3.98. The lowest BCUT2D eigenvalue weighted by Gasteiger charge is -2.33. The van der Waals surface area contributed by atoms with Crippen LogP contribution in [0.1, 0.15) is 30.9 Å². The Kier molecular flexibility index (Phi) is 6.01. The van der Waals surface area contributed by atoms with E-state index in [2.05, 4.69) is 33.0 Å². The number of hydrogen-bond donors (Lipinski definition) is 1. The van der Waals surface area contributed by atoms with Gasteiger partial charge in [-0.1, -0.05) is 28.1 Å². The van der Waals surface area contributed by atoms with Crippen molar-refractivity contribution in [3.8, 4) is 0 Å². The number of benzene rings is 1. The van der Waals surface area contributed by atoms with Gasteiger partial charge in [-0.25, -0.2) is 0 Å².